The molecule has 1 aromatic carbocycles. The fraction of sp³-hybridized carbons (Fsp3) is 0.667. The van der Waals surface area contributed by atoms with Crippen LogP contribution in [0.5, 0.6) is 0 Å². The molecule has 2 fully saturated rings. The molecule has 2 aliphatic rings. The topological polar surface area (TPSA) is 15.3 Å². The van der Waals surface area contributed by atoms with E-state index in [9.17, 15) is 13.2 Å². The van der Waals surface area contributed by atoms with Crippen LogP contribution in [0.1, 0.15) is 43.2 Å². The Labute approximate surface area is 136 Å². The van der Waals surface area contributed by atoms with Gasteiger partial charge in [-0.3, -0.25) is 4.90 Å². The van der Waals surface area contributed by atoms with Gasteiger partial charge in [-0.25, -0.2) is 0 Å². The van der Waals surface area contributed by atoms with E-state index in [0.717, 1.165) is 31.3 Å². The maximum Gasteiger partial charge on any atom is 0.416 e. The summed E-state index contributed by atoms with van der Waals surface area (Å²) in [5.74, 6) is 0.641. The molecule has 1 saturated heterocycles. The van der Waals surface area contributed by atoms with Crippen LogP contribution in [0.4, 0.5) is 13.2 Å². The summed E-state index contributed by atoms with van der Waals surface area (Å²) in [5, 5.41) is 3.29. The van der Waals surface area contributed by atoms with E-state index in [1.165, 1.54) is 44.2 Å². The second kappa shape index (κ2) is 7.22. The van der Waals surface area contributed by atoms with Crippen molar-refractivity contribution in [1.29, 1.82) is 0 Å². The van der Waals surface area contributed by atoms with Gasteiger partial charge < -0.3 is 5.32 Å². The molecular formula is C18H25F3N2. The van der Waals surface area contributed by atoms with Crippen molar-refractivity contribution in [3.8, 4) is 0 Å². The summed E-state index contributed by atoms with van der Waals surface area (Å²) >= 11 is 0. The number of rotatable bonds is 5. The Hall–Kier alpha value is -1.07. The molecule has 0 spiro atoms. The van der Waals surface area contributed by atoms with Crippen LogP contribution >= 0.6 is 0 Å². The highest BCUT2D eigenvalue weighted by Crippen LogP contribution is 2.31. The predicted octanol–water partition coefficient (Wildman–Crippen LogP) is 4.06. The highest BCUT2D eigenvalue weighted by Gasteiger charge is 2.31. The predicted molar refractivity (Wildman–Crippen MR) is 85.1 cm³/mol. The largest absolute Gasteiger partial charge is 0.416 e. The van der Waals surface area contributed by atoms with E-state index in [0.29, 0.717) is 18.5 Å². The fourth-order valence-electron chi connectivity index (χ4n) is 3.68. The van der Waals surface area contributed by atoms with Gasteiger partial charge in [0.15, 0.2) is 0 Å². The summed E-state index contributed by atoms with van der Waals surface area (Å²) in [7, 11) is 0. The summed E-state index contributed by atoms with van der Waals surface area (Å²) < 4.78 is 38.7. The minimum absolute atomic E-state index is 0.527. The van der Waals surface area contributed by atoms with Crippen molar-refractivity contribution in [2.75, 3.05) is 19.6 Å². The summed E-state index contributed by atoms with van der Waals surface area (Å²) in [6.45, 7) is 3.69. The molecule has 3 rings (SSSR count). The Kier molecular flexibility index (Phi) is 5.27. The number of hydrogen-bond donors (Lipinski definition) is 1. The van der Waals surface area contributed by atoms with Gasteiger partial charge in [0, 0.05) is 32.2 Å². The lowest BCUT2D eigenvalue weighted by molar-refractivity contribution is -0.137. The minimum atomic E-state index is -4.26. The van der Waals surface area contributed by atoms with Gasteiger partial charge in [0.05, 0.1) is 5.56 Å². The van der Waals surface area contributed by atoms with Crippen LogP contribution in [0.2, 0.25) is 0 Å². The average Bonchev–Trinajstić information content (AvgIpc) is 2.50. The lowest BCUT2D eigenvalue weighted by Crippen LogP contribution is -2.50. The zero-order valence-electron chi connectivity index (χ0n) is 13.4. The van der Waals surface area contributed by atoms with Crippen molar-refractivity contribution in [2.45, 2.75) is 50.9 Å². The summed E-state index contributed by atoms with van der Waals surface area (Å²) in [6, 6.07) is 6.35. The molecule has 1 aliphatic heterocycles. The van der Waals surface area contributed by atoms with Crippen molar-refractivity contribution in [3.63, 3.8) is 0 Å². The Morgan fingerprint density at radius 2 is 1.83 bits per heavy atom. The Balaban J connectivity index is 1.71. The Bertz CT molecular complexity index is 505. The Morgan fingerprint density at radius 1 is 1.09 bits per heavy atom. The number of nitrogens with one attached hydrogen (secondary N) is 1. The van der Waals surface area contributed by atoms with Gasteiger partial charge in [0.2, 0.25) is 0 Å². The van der Waals surface area contributed by atoms with Crippen LogP contribution in [-0.2, 0) is 12.7 Å². The van der Waals surface area contributed by atoms with E-state index in [1.54, 1.807) is 0 Å². The standard InChI is InChI=1S/C18H25F3N2/c19-18(20,21)16-6-4-5-14(9-16)12-23(13-15-10-22-11-15)17-7-2-1-3-8-17/h4-6,9,15,17,22H,1-3,7-8,10-13H2. The molecule has 0 bridgehead atoms. The SMILES string of the molecule is FC(F)(F)c1cccc(CN(CC2CNC2)C2CCCCC2)c1. The van der Waals surface area contributed by atoms with Crippen molar-refractivity contribution in [1.82, 2.24) is 10.2 Å². The summed E-state index contributed by atoms with van der Waals surface area (Å²) in [5.41, 5.74) is 0.238. The third kappa shape index (κ3) is 4.48. The number of nitrogens with zero attached hydrogens (tertiary/aromatic N) is 1. The fourth-order valence-corrected chi connectivity index (χ4v) is 3.68. The Morgan fingerprint density at radius 3 is 2.43 bits per heavy atom. The van der Waals surface area contributed by atoms with Crippen LogP contribution in [0.15, 0.2) is 24.3 Å². The van der Waals surface area contributed by atoms with Gasteiger partial charge >= 0.3 is 6.18 Å². The van der Waals surface area contributed by atoms with Crippen LogP contribution in [0.25, 0.3) is 0 Å². The first-order valence-corrected chi connectivity index (χ1v) is 8.63. The van der Waals surface area contributed by atoms with E-state index < -0.39 is 11.7 Å². The van der Waals surface area contributed by atoms with E-state index in [1.807, 2.05) is 6.07 Å². The first kappa shape index (κ1) is 16.8. The van der Waals surface area contributed by atoms with Crippen molar-refractivity contribution >= 4 is 0 Å². The minimum Gasteiger partial charge on any atom is -0.316 e. The van der Waals surface area contributed by atoms with E-state index in [-0.39, 0.29) is 0 Å². The third-order valence-corrected chi connectivity index (χ3v) is 5.09. The van der Waals surface area contributed by atoms with Gasteiger partial charge in [-0.15, -0.1) is 0 Å². The molecule has 0 radical (unpaired) electrons. The molecule has 0 atom stereocenters. The van der Waals surface area contributed by atoms with Gasteiger partial charge in [-0.1, -0.05) is 37.5 Å². The molecule has 0 amide bonds. The molecular weight excluding hydrogens is 301 g/mol. The molecule has 1 N–H and O–H groups in total. The van der Waals surface area contributed by atoms with Crippen molar-refractivity contribution < 1.29 is 13.2 Å². The van der Waals surface area contributed by atoms with Crippen LogP contribution < -0.4 is 5.32 Å². The van der Waals surface area contributed by atoms with Gasteiger partial charge in [-0.05, 0) is 30.4 Å². The number of benzene rings is 1. The van der Waals surface area contributed by atoms with Crippen molar-refractivity contribution in [3.05, 3.63) is 35.4 Å². The van der Waals surface area contributed by atoms with Crippen molar-refractivity contribution in [2.24, 2.45) is 5.92 Å². The van der Waals surface area contributed by atoms with Gasteiger partial charge in [-0.2, -0.15) is 13.2 Å². The maximum atomic E-state index is 12.9. The lowest BCUT2D eigenvalue weighted by Gasteiger charge is -2.39. The smallest absolute Gasteiger partial charge is 0.316 e. The van der Waals surface area contributed by atoms with E-state index in [4.69, 9.17) is 0 Å². The number of hydrogen-bond acceptors (Lipinski definition) is 2. The van der Waals surface area contributed by atoms with Crippen LogP contribution in [-0.4, -0.2) is 30.6 Å². The van der Waals surface area contributed by atoms with E-state index in [2.05, 4.69) is 10.2 Å². The highest BCUT2D eigenvalue weighted by atomic mass is 19.4. The van der Waals surface area contributed by atoms with Crippen LogP contribution in [0.3, 0.4) is 0 Å². The molecule has 128 valence electrons. The van der Waals surface area contributed by atoms with E-state index >= 15 is 0 Å². The summed E-state index contributed by atoms with van der Waals surface area (Å²) in [4.78, 5) is 2.43. The third-order valence-electron chi connectivity index (χ3n) is 5.09. The zero-order valence-corrected chi connectivity index (χ0v) is 13.4. The molecule has 1 aliphatic carbocycles. The first-order valence-electron chi connectivity index (χ1n) is 8.63. The molecule has 0 unspecified atom stereocenters. The first-order chi connectivity index (χ1) is 11.0. The lowest BCUT2D eigenvalue weighted by atomic mass is 9.92. The number of alkyl halides is 3. The molecule has 1 saturated carbocycles. The molecule has 23 heavy (non-hydrogen) atoms. The average molecular weight is 326 g/mol. The zero-order chi connectivity index (χ0) is 16.3. The van der Waals surface area contributed by atoms with Gasteiger partial charge in [0.1, 0.15) is 0 Å². The molecule has 0 aromatic heterocycles. The monoisotopic (exact) mass is 326 g/mol. The second-order valence-electron chi connectivity index (χ2n) is 6.94. The molecule has 2 nitrogen and oxygen atoms in total. The van der Waals surface area contributed by atoms with Gasteiger partial charge in [0.25, 0.3) is 0 Å². The molecule has 5 heteroatoms. The molecule has 1 aromatic rings. The second-order valence-corrected chi connectivity index (χ2v) is 6.94. The molecule has 1 heterocycles. The number of halogens is 3. The normalized spacial score (nSPS) is 20.7. The highest BCUT2D eigenvalue weighted by molar-refractivity contribution is 5.25. The summed E-state index contributed by atoms with van der Waals surface area (Å²) in [6.07, 6.45) is 1.88. The quantitative estimate of drug-likeness (QED) is 0.878. The maximum absolute atomic E-state index is 12.9. The van der Waals surface area contributed by atoms with Crippen LogP contribution in [0, 0.1) is 5.92 Å².